The van der Waals surface area contributed by atoms with Gasteiger partial charge in [0.25, 0.3) is 5.91 Å². The Morgan fingerprint density at radius 3 is 2.53 bits per heavy atom. The summed E-state index contributed by atoms with van der Waals surface area (Å²) in [6.07, 6.45) is 4.59. The van der Waals surface area contributed by atoms with Crippen LogP contribution in [0.2, 0.25) is 0 Å². The monoisotopic (exact) mass is 430 g/mol. The number of hydrogen-bond donors (Lipinski definition) is 4. The molecule has 3 heterocycles. The van der Waals surface area contributed by atoms with Crippen molar-refractivity contribution in [3.05, 3.63) is 66.4 Å². The molecule has 0 unspecified atom stereocenters. The normalized spacial score (nSPS) is 10.7. The summed E-state index contributed by atoms with van der Waals surface area (Å²) in [4.78, 5) is 33.1. The Balaban J connectivity index is 1.62. The van der Waals surface area contributed by atoms with Crippen LogP contribution in [0.3, 0.4) is 0 Å². The Hall–Kier alpha value is -4.47. The van der Waals surface area contributed by atoms with E-state index in [4.69, 9.17) is 5.73 Å². The fourth-order valence-corrected chi connectivity index (χ4v) is 3.39. The molecule has 0 radical (unpaired) electrons. The van der Waals surface area contributed by atoms with Gasteiger partial charge in [-0.15, -0.1) is 0 Å². The molecule has 0 saturated heterocycles. The average Bonchev–Trinajstić information content (AvgIpc) is 3.15. The minimum Gasteiger partial charge on any atom is -0.382 e. The number of aryl methyl sites for hydroxylation is 1. The van der Waals surface area contributed by atoms with Crippen molar-refractivity contribution >= 4 is 34.6 Å². The van der Waals surface area contributed by atoms with E-state index < -0.39 is 0 Å². The van der Waals surface area contributed by atoms with Gasteiger partial charge in [-0.05, 0) is 43.7 Å². The maximum atomic E-state index is 12.6. The summed E-state index contributed by atoms with van der Waals surface area (Å²) >= 11 is 0. The van der Waals surface area contributed by atoms with Gasteiger partial charge in [-0.25, -0.2) is 14.3 Å². The molecule has 0 atom stereocenters. The van der Waals surface area contributed by atoms with Crippen LogP contribution in [0, 0.1) is 6.92 Å². The molecule has 1 aromatic carbocycles. The number of carbonyl (C=O) groups is 2. The van der Waals surface area contributed by atoms with Crippen molar-refractivity contribution in [2.24, 2.45) is 0 Å². The lowest BCUT2D eigenvalue weighted by Crippen LogP contribution is -2.22. The van der Waals surface area contributed by atoms with Crippen LogP contribution in [0.1, 0.15) is 23.0 Å². The van der Waals surface area contributed by atoms with Crippen LogP contribution in [0.15, 0.2) is 55.1 Å². The van der Waals surface area contributed by atoms with Crippen molar-refractivity contribution in [3.63, 3.8) is 0 Å². The van der Waals surface area contributed by atoms with E-state index in [9.17, 15) is 9.59 Å². The van der Waals surface area contributed by atoms with Crippen molar-refractivity contribution in [2.45, 2.75) is 13.8 Å². The molecular formula is C22H22N8O2. The Bertz CT molecular complexity index is 1300. The average molecular weight is 430 g/mol. The molecule has 0 saturated carbocycles. The van der Waals surface area contributed by atoms with Crippen molar-refractivity contribution in [1.82, 2.24) is 24.9 Å². The standard InChI is InChI=1S/C22H22N8O2/c1-3-24-21(31)17-11-30-19(20(23)26-12-27-30)18(17)14-4-6-15(7-5-14)28-22(32)29-16-8-9-25-13(2)10-16/h4-12H,3H2,1-2H3,(H,24,31)(H2,23,26,27)(H2,25,28,29,32). The molecular weight excluding hydrogens is 408 g/mol. The fraction of sp³-hybridized carbons (Fsp3) is 0.136. The molecule has 10 heteroatoms. The minimum absolute atomic E-state index is 0.235. The highest BCUT2D eigenvalue weighted by molar-refractivity contribution is 6.07. The second-order valence-electron chi connectivity index (χ2n) is 7.06. The minimum atomic E-state index is -0.377. The van der Waals surface area contributed by atoms with Gasteiger partial charge in [0.1, 0.15) is 11.8 Å². The number of fused-ring (bicyclic) bond motifs is 1. The molecule has 4 rings (SSSR count). The number of aromatic nitrogens is 4. The van der Waals surface area contributed by atoms with Crippen LogP contribution in [-0.4, -0.2) is 38.1 Å². The number of nitrogens with two attached hydrogens (primary N) is 1. The number of nitrogens with one attached hydrogen (secondary N) is 3. The predicted octanol–water partition coefficient (Wildman–Crippen LogP) is 3.08. The number of anilines is 3. The van der Waals surface area contributed by atoms with E-state index in [2.05, 4.69) is 31.0 Å². The SMILES string of the molecule is CCNC(=O)c1cn2ncnc(N)c2c1-c1ccc(NC(=O)Nc2ccnc(C)c2)cc1. The van der Waals surface area contributed by atoms with Gasteiger partial charge in [0, 0.05) is 41.6 Å². The van der Waals surface area contributed by atoms with E-state index in [1.165, 1.54) is 6.33 Å². The van der Waals surface area contributed by atoms with Gasteiger partial charge in [-0.2, -0.15) is 5.10 Å². The van der Waals surface area contributed by atoms with Crippen molar-refractivity contribution < 1.29 is 9.59 Å². The number of hydrogen-bond acceptors (Lipinski definition) is 6. The molecule has 10 nitrogen and oxygen atoms in total. The molecule has 0 bridgehead atoms. The molecule has 4 aromatic rings. The number of amides is 3. The fourth-order valence-electron chi connectivity index (χ4n) is 3.39. The lowest BCUT2D eigenvalue weighted by molar-refractivity contribution is 0.0956. The summed E-state index contributed by atoms with van der Waals surface area (Å²) in [5.74, 6) is 0.0291. The number of nitrogen functional groups attached to an aromatic ring is 1. The van der Waals surface area contributed by atoms with Gasteiger partial charge in [0.05, 0.1) is 5.56 Å². The Labute approximate surface area is 183 Å². The van der Waals surface area contributed by atoms with Gasteiger partial charge < -0.3 is 21.7 Å². The highest BCUT2D eigenvalue weighted by Crippen LogP contribution is 2.33. The lowest BCUT2D eigenvalue weighted by atomic mass is 10.0. The molecule has 0 aliphatic rings. The largest absolute Gasteiger partial charge is 0.382 e. The Morgan fingerprint density at radius 1 is 1.06 bits per heavy atom. The molecule has 0 aliphatic carbocycles. The van der Waals surface area contributed by atoms with Crippen LogP contribution >= 0.6 is 0 Å². The first-order chi connectivity index (χ1) is 15.5. The zero-order valence-electron chi connectivity index (χ0n) is 17.6. The van der Waals surface area contributed by atoms with E-state index in [0.29, 0.717) is 34.6 Å². The van der Waals surface area contributed by atoms with E-state index in [1.807, 2.05) is 13.8 Å². The zero-order valence-corrected chi connectivity index (χ0v) is 17.6. The van der Waals surface area contributed by atoms with Crippen molar-refractivity contribution in [2.75, 3.05) is 22.9 Å². The molecule has 162 valence electrons. The van der Waals surface area contributed by atoms with Gasteiger partial charge >= 0.3 is 6.03 Å². The lowest BCUT2D eigenvalue weighted by Gasteiger charge is -2.10. The van der Waals surface area contributed by atoms with Crippen LogP contribution in [0.4, 0.5) is 22.0 Å². The third-order valence-electron chi connectivity index (χ3n) is 4.77. The summed E-state index contributed by atoms with van der Waals surface area (Å²) in [5, 5.41) is 12.5. The van der Waals surface area contributed by atoms with Crippen molar-refractivity contribution in [1.29, 1.82) is 0 Å². The maximum absolute atomic E-state index is 12.6. The van der Waals surface area contributed by atoms with E-state index in [0.717, 1.165) is 11.3 Å². The van der Waals surface area contributed by atoms with E-state index >= 15 is 0 Å². The number of carbonyl (C=O) groups excluding carboxylic acids is 2. The van der Waals surface area contributed by atoms with Gasteiger partial charge in [0.15, 0.2) is 5.82 Å². The Morgan fingerprint density at radius 2 is 1.81 bits per heavy atom. The van der Waals surface area contributed by atoms with Crippen molar-refractivity contribution in [3.8, 4) is 11.1 Å². The summed E-state index contributed by atoms with van der Waals surface area (Å²) < 4.78 is 1.54. The van der Waals surface area contributed by atoms with Gasteiger partial charge in [-0.3, -0.25) is 9.78 Å². The number of benzene rings is 1. The van der Waals surface area contributed by atoms with Crippen LogP contribution in [0.5, 0.6) is 0 Å². The molecule has 5 N–H and O–H groups in total. The highest BCUT2D eigenvalue weighted by Gasteiger charge is 2.21. The summed E-state index contributed by atoms with van der Waals surface area (Å²) in [6.45, 7) is 4.18. The maximum Gasteiger partial charge on any atom is 0.323 e. The molecule has 0 aliphatic heterocycles. The van der Waals surface area contributed by atoms with Crippen LogP contribution in [-0.2, 0) is 0 Å². The first-order valence-corrected chi connectivity index (χ1v) is 9.97. The molecule has 0 fully saturated rings. The van der Waals surface area contributed by atoms with E-state index in [1.54, 1.807) is 53.3 Å². The Kier molecular flexibility index (Phi) is 5.67. The summed E-state index contributed by atoms with van der Waals surface area (Å²) in [6, 6.07) is 10.2. The third-order valence-corrected chi connectivity index (χ3v) is 4.77. The third kappa shape index (κ3) is 4.19. The smallest absolute Gasteiger partial charge is 0.323 e. The quantitative estimate of drug-likeness (QED) is 0.384. The van der Waals surface area contributed by atoms with Crippen LogP contribution in [0.25, 0.3) is 16.6 Å². The van der Waals surface area contributed by atoms with E-state index in [-0.39, 0.29) is 17.8 Å². The zero-order chi connectivity index (χ0) is 22.7. The van der Waals surface area contributed by atoms with Gasteiger partial charge in [-0.1, -0.05) is 12.1 Å². The second-order valence-corrected chi connectivity index (χ2v) is 7.06. The predicted molar refractivity (Wildman–Crippen MR) is 122 cm³/mol. The highest BCUT2D eigenvalue weighted by atomic mass is 16.2. The number of pyridine rings is 1. The molecule has 32 heavy (non-hydrogen) atoms. The first-order valence-electron chi connectivity index (χ1n) is 9.97. The first kappa shape index (κ1) is 20.8. The number of nitrogens with zero attached hydrogens (tertiary/aromatic N) is 4. The molecule has 3 amide bonds. The van der Waals surface area contributed by atoms with Crippen LogP contribution < -0.4 is 21.7 Å². The summed E-state index contributed by atoms with van der Waals surface area (Å²) in [7, 11) is 0. The molecule has 0 spiro atoms. The summed E-state index contributed by atoms with van der Waals surface area (Å²) in [5.41, 5.74) is 10.5. The van der Waals surface area contributed by atoms with Gasteiger partial charge in [0.2, 0.25) is 0 Å². The number of urea groups is 1. The topological polar surface area (TPSA) is 139 Å². The second kappa shape index (κ2) is 8.72. The number of rotatable bonds is 5. The molecule has 3 aromatic heterocycles.